The van der Waals surface area contributed by atoms with E-state index in [1.807, 2.05) is 0 Å². The second-order valence-corrected chi connectivity index (χ2v) is 1.69. The zero-order valence-electron chi connectivity index (χ0n) is 4.74. The molecule has 1 rings (SSSR count). The lowest BCUT2D eigenvalue weighted by molar-refractivity contribution is 1.50. The first-order valence-electron chi connectivity index (χ1n) is 2.52. The number of nitroso groups, excluding NO2 is 1. The first-order chi connectivity index (χ1) is 4.33. The fraction of sp³-hybridized carbons (Fsp3) is 0. The number of nitrogens with two attached hydrogens (primary N) is 1. The Morgan fingerprint density at radius 3 is 2.67 bits per heavy atom. The van der Waals surface area contributed by atoms with Crippen molar-refractivity contribution < 1.29 is 0 Å². The van der Waals surface area contributed by atoms with Gasteiger partial charge in [0.25, 0.3) is 0 Å². The quantitative estimate of drug-likeness (QED) is 0.455. The Hall–Kier alpha value is -1.38. The third-order valence-corrected chi connectivity index (χ3v) is 0.976. The molecule has 2 N–H and O–H groups in total. The molecule has 0 aromatic heterocycles. The molecule has 0 fully saturated rings. The van der Waals surface area contributed by atoms with Crippen LogP contribution in [0, 0.1) is 4.91 Å². The molecule has 0 atom stereocenters. The topological polar surface area (TPSA) is 55.4 Å². The highest BCUT2D eigenvalue weighted by atomic mass is 16.3. The van der Waals surface area contributed by atoms with Gasteiger partial charge < -0.3 is 5.73 Å². The van der Waals surface area contributed by atoms with E-state index in [4.69, 9.17) is 5.73 Å². The normalized spacial score (nSPS) is 8.89. The van der Waals surface area contributed by atoms with E-state index in [1.54, 1.807) is 18.2 Å². The fourth-order valence-electron chi connectivity index (χ4n) is 0.582. The molecule has 0 heterocycles. The molecular weight excluding hydrogens is 116 g/mol. The van der Waals surface area contributed by atoms with Gasteiger partial charge >= 0.3 is 0 Å². The van der Waals surface area contributed by atoms with Gasteiger partial charge in [-0.3, -0.25) is 0 Å². The van der Waals surface area contributed by atoms with E-state index >= 15 is 0 Å². The van der Waals surface area contributed by atoms with Gasteiger partial charge in [-0.2, -0.15) is 0 Å². The SMILES string of the molecule is Nc1cccc(N=O)c1. The van der Waals surface area contributed by atoms with Crippen molar-refractivity contribution in [3.63, 3.8) is 0 Å². The number of nitrogen functional groups attached to an aromatic ring is 1. The third kappa shape index (κ3) is 1.25. The molecule has 0 bridgehead atoms. The number of hydrogen-bond acceptors (Lipinski definition) is 3. The first kappa shape index (κ1) is 5.75. The maximum Gasteiger partial charge on any atom is 0.110 e. The van der Waals surface area contributed by atoms with Crippen molar-refractivity contribution in [3.8, 4) is 0 Å². The standard InChI is InChI=1S/C6H6N2O/c7-5-2-1-3-6(4-5)8-9/h1-4H,7H2. The molecule has 3 heteroatoms. The molecule has 0 aliphatic rings. The van der Waals surface area contributed by atoms with Crippen molar-refractivity contribution in [2.45, 2.75) is 0 Å². The van der Waals surface area contributed by atoms with E-state index in [2.05, 4.69) is 5.18 Å². The number of nitrogens with zero attached hydrogens (tertiary/aromatic N) is 1. The van der Waals surface area contributed by atoms with Crippen molar-refractivity contribution in [1.82, 2.24) is 0 Å². The Morgan fingerprint density at radius 2 is 2.22 bits per heavy atom. The van der Waals surface area contributed by atoms with Gasteiger partial charge in [0.1, 0.15) is 5.69 Å². The first-order valence-corrected chi connectivity index (χ1v) is 2.52. The van der Waals surface area contributed by atoms with Gasteiger partial charge in [0.05, 0.1) is 0 Å². The smallest absolute Gasteiger partial charge is 0.110 e. The lowest BCUT2D eigenvalue weighted by Crippen LogP contribution is -1.80. The third-order valence-electron chi connectivity index (χ3n) is 0.976. The van der Waals surface area contributed by atoms with Crippen LogP contribution >= 0.6 is 0 Å². The Bertz CT molecular complexity index is 222. The van der Waals surface area contributed by atoms with E-state index in [1.165, 1.54) is 6.07 Å². The van der Waals surface area contributed by atoms with Crippen LogP contribution in [0.4, 0.5) is 11.4 Å². The minimum Gasteiger partial charge on any atom is -0.399 e. The molecular formula is C6H6N2O. The van der Waals surface area contributed by atoms with Crippen LogP contribution < -0.4 is 5.73 Å². The van der Waals surface area contributed by atoms with Gasteiger partial charge in [-0.1, -0.05) is 6.07 Å². The number of hydrogen-bond donors (Lipinski definition) is 1. The zero-order chi connectivity index (χ0) is 6.69. The van der Waals surface area contributed by atoms with Crippen LogP contribution in [0.15, 0.2) is 29.4 Å². The number of anilines is 1. The largest absolute Gasteiger partial charge is 0.399 e. The molecule has 0 saturated heterocycles. The van der Waals surface area contributed by atoms with Crippen molar-refractivity contribution in [2.75, 3.05) is 5.73 Å². The molecule has 0 aliphatic carbocycles. The van der Waals surface area contributed by atoms with E-state index in [0.717, 1.165) is 0 Å². The van der Waals surface area contributed by atoms with Gasteiger partial charge in [0.2, 0.25) is 0 Å². The van der Waals surface area contributed by atoms with Crippen LogP contribution in [0.2, 0.25) is 0 Å². The van der Waals surface area contributed by atoms with Crippen molar-refractivity contribution in [3.05, 3.63) is 29.2 Å². The predicted molar refractivity (Wildman–Crippen MR) is 36.3 cm³/mol. The maximum atomic E-state index is 9.85. The summed E-state index contributed by atoms with van der Waals surface area (Å²) in [5.41, 5.74) is 6.27. The lowest BCUT2D eigenvalue weighted by Gasteiger charge is -1.89. The van der Waals surface area contributed by atoms with Crippen LogP contribution in [0.1, 0.15) is 0 Å². The molecule has 0 unspecified atom stereocenters. The molecule has 0 aliphatic heterocycles. The summed E-state index contributed by atoms with van der Waals surface area (Å²) in [5.74, 6) is 0. The average molecular weight is 122 g/mol. The molecule has 1 aromatic carbocycles. The van der Waals surface area contributed by atoms with E-state index < -0.39 is 0 Å². The Kier molecular flexibility index (Phi) is 1.44. The van der Waals surface area contributed by atoms with Crippen molar-refractivity contribution >= 4 is 11.4 Å². The summed E-state index contributed by atoms with van der Waals surface area (Å²) in [4.78, 5) is 9.85. The maximum absolute atomic E-state index is 9.85. The summed E-state index contributed by atoms with van der Waals surface area (Å²) in [7, 11) is 0. The molecule has 0 saturated carbocycles. The Balaban J connectivity index is 3.07. The van der Waals surface area contributed by atoms with Crippen LogP contribution in [-0.2, 0) is 0 Å². The monoisotopic (exact) mass is 122 g/mol. The lowest BCUT2D eigenvalue weighted by atomic mass is 10.3. The Morgan fingerprint density at radius 1 is 1.44 bits per heavy atom. The van der Waals surface area contributed by atoms with Gasteiger partial charge in [-0.05, 0) is 23.4 Å². The van der Waals surface area contributed by atoms with Crippen LogP contribution in [0.3, 0.4) is 0 Å². The highest BCUT2D eigenvalue weighted by Crippen LogP contribution is 2.13. The van der Waals surface area contributed by atoms with E-state index in [0.29, 0.717) is 11.4 Å². The van der Waals surface area contributed by atoms with Crippen molar-refractivity contribution in [2.24, 2.45) is 5.18 Å². The zero-order valence-corrected chi connectivity index (χ0v) is 4.74. The Labute approximate surface area is 52.5 Å². The summed E-state index contributed by atoms with van der Waals surface area (Å²) >= 11 is 0. The van der Waals surface area contributed by atoms with Crippen LogP contribution in [0.5, 0.6) is 0 Å². The average Bonchev–Trinajstić information content (AvgIpc) is 1.88. The molecule has 3 nitrogen and oxygen atoms in total. The molecule has 1 aromatic rings. The predicted octanol–water partition coefficient (Wildman–Crippen LogP) is 1.67. The minimum absolute atomic E-state index is 0.370. The highest BCUT2D eigenvalue weighted by molar-refractivity contribution is 5.50. The number of benzene rings is 1. The van der Waals surface area contributed by atoms with Gasteiger partial charge in [0.15, 0.2) is 0 Å². The van der Waals surface area contributed by atoms with Gasteiger partial charge in [-0.25, -0.2) is 0 Å². The highest BCUT2D eigenvalue weighted by Gasteiger charge is 1.87. The fourth-order valence-corrected chi connectivity index (χ4v) is 0.582. The second-order valence-electron chi connectivity index (χ2n) is 1.69. The van der Waals surface area contributed by atoms with Gasteiger partial charge in [-0.15, -0.1) is 4.91 Å². The van der Waals surface area contributed by atoms with Crippen LogP contribution in [0.25, 0.3) is 0 Å². The van der Waals surface area contributed by atoms with E-state index in [-0.39, 0.29) is 0 Å². The molecule has 46 valence electrons. The van der Waals surface area contributed by atoms with Gasteiger partial charge in [0, 0.05) is 5.69 Å². The van der Waals surface area contributed by atoms with E-state index in [9.17, 15) is 4.91 Å². The number of rotatable bonds is 1. The summed E-state index contributed by atoms with van der Waals surface area (Å²) < 4.78 is 0. The summed E-state index contributed by atoms with van der Waals surface area (Å²) in [6.45, 7) is 0. The summed E-state index contributed by atoms with van der Waals surface area (Å²) in [6.07, 6.45) is 0. The molecule has 0 radical (unpaired) electrons. The molecule has 9 heavy (non-hydrogen) atoms. The molecule has 0 spiro atoms. The van der Waals surface area contributed by atoms with Crippen molar-refractivity contribution in [1.29, 1.82) is 0 Å². The summed E-state index contributed by atoms with van der Waals surface area (Å²) in [5, 5.41) is 2.70. The summed E-state index contributed by atoms with van der Waals surface area (Å²) in [6, 6.07) is 6.51. The van der Waals surface area contributed by atoms with Crippen LogP contribution in [-0.4, -0.2) is 0 Å². The second kappa shape index (κ2) is 2.26. The molecule has 0 amide bonds. The minimum atomic E-state index is 0.370.